The van der Waals surface area contributed by atoms with Crippen LogP contribution >= 0.6 is 0 Å². The maximum absolute atomic E-state index is 14.0. The molecule has 2 amide bonds. The SMILES string of the molecule is COc1cc(C(=O)N2C[C@H](N)[C@@H]3CC[C@H]2C3)cc2nc(-c3cc4ccc5nc4n3CCCc3ccc4cccc(c4c3)C(=O)N[C@@H]5C)n(C)c12. The Kier molecular flexibility index (Phi) is 7.20. The summed E-state index contributed by atoms with van der Waals surface area (Å²) in [6.45, 7) is 3.28. The highest BCUT2D eigenvalue weighted by molar-refractivity contribution is 6.07. The van der Waals surface area contributed by atoms with Gasteiger partial charge in [0.15, 0.2) is 5.82 Å². The second-order valence-electron chi connectivity index (χ2n) is 14.4. The van der Waals surface area contributed by atoms with Gasteiger partial charge in [-0.2, -0.15) is 0 Å². The average Bonchev–Trinajstić information content (AvgIpc) is 3.82. The molecule has 3 aromatic heterocycles. The van der Waals surface area contributed by atoms with Gasteiger partial charge >= 0.3 is 0 Å². The lowest BCUT2D eigenvalue weighted by molar-refractivity contribution is 0.0603. The lowest BCUT2D eigenvalue weighted by Crippen LogP contribution is -2.51. The number of methoxy groups -OCH3 is 1. The fourth-order valence-corrected chi connectivity index (χ4v) is 8.68. The molecule has 9 rings (SSSR count). The summed E-state index contributed by atoms with van der Waals surface area (Å²) in [4.78, 5) is 39.8. The summed E-state index contributed by atoms with van der Waals surface area (Å²) in [5.74, 6) is 1.75. The zero-order chi connectivity index (χ0) is 34.3. The van der Waals surface area contributed by atoms with Gasteiger partial charge in [0.25, 0.3) is 11.8 Å². The number of benzene rings is 3. The number of ether oxygens (including phenoxy) is 1. The lowest BCUT2D eigenvalue weighted by atomic mass is 9.94. The first-order chi connectivity index (χ1) is 24.3. The number of rotatable bonds is 3. The quantitative estimate of drug-likeness (QED) is 0.234. The molecule has 1 saturated heterocycles. The molecular formula is C40H41N7O3. The van der Waals surface area contributed by atoms with Gasteiger partial charge in [0.05, 0.1) is 30.1 Å². The van der Waals surface area contributed by atoms with E-state index in [2.05, 4.69) is 44.8 Å². The van der Waals surface area contributed by atoms with E-state index < -0.39 is 0 Å². The Balaban J connectivity index is 1.14. The van der Waals surface area contributed by atoms with Crippen LogP contribution in [0, 0.1) is 5.92 Å². The normalized spacial score (nSPS) is 22.1. The predicted octanol–water partition coefficient (Wildman–Crippen LogP) is 6.14. The minimum Gasteiger partial charge on any atom is -0.494 e. The van der Waals surface area contributed by atoms with Crippen LogP contribution in [0.15, 0.2) is 66.7 Å². The third-order valence-corrected chi connectivity index (χ3v) is 11.4. The van der Waals surface area contributed by atoms with Crippen LogP contribution in [0.5, 0.6) is 5.75 Å². The highest BCUT2D eigenvalue weighted by Crippen LogP contribution is 2.39. The van der Waals surface area contributed by atoms with Crippen molar-refractivity contribution >= 4 is 44.7 Å². The highest BCUT2D eigenvalue weighted by atomic mass is 16.5. The number of carbonyl (C=O) groups is 2. The van der Waals surface area contributed by atoms with E-state index in [1.165, 1.54) is 5.56 Å². The smallest absolute Gasteiger partial charge is 0.254 e. The molecule has 2 aliphatic heterocycles. The second kappa shape index (κ2) is 11.7. The molecule has 0 spiro atoms. The molecule has 0 unspecified atom stereocenters. The Hall–Kier alpha value is -5.22. The van der Waals surface area contributed by atoms with Crippen molar-refractivity contribution in [3.05, 3.63) is 89.1 Å². The molecule has 5 heterocycles. The van der Waals surface area contributed by atoms with Crippen molar-refractivity contribution in [3.8, 4) is 17.3 Å². The van der Waals surface area contributed by atoms with Gasteiger partial charge in [0, 0.05) is 48.7 Å². The van der Waals surface area contributed by atoms with Gasteiger partial charge in [0.1, 0.15) is 16.9 Å². The number of nitrogens with one attached hydrogen (secondary N) is 1. The van der Waals surface area contributed by atoms with Crippen molar-refractivity contribution in [2.24, 2.45) is 18.7 Å². The number of nitrogens with two attached hydrogens (primary N) is 1. The van der Waals surface area contributed by atoms with E-state index in [9.17, 15) is 9.59 Å². The summed E-state index contributed by atoms with van der Waals surface area (Å²) in [5.41, 5.74) is 13.0. The zero-order valence-electron chi connectivity index (χ0n) is 28.6. The Morgan fingerprint density at radius 3 is 2.74 bits per heavy atom. The van der Waals surface area contributed by atoms with E-state index in [1.807, 2.05) is 55.3 Å². The topological polar surface area (TPSA) is 120 Å². The Bertz CT molecular complexity index is 2360. The molecule has 0 radical (unpaired) electrons. The van der Waals surface area contributed by atoms with Gasteiger partial charge in [-0.3, -0.25) is 9.59 Å². The Morgan fingerprint density at radius 2 is 1.88 bits per heavy atom. The number of pyridine rings is 1. The van der Waals surface area contributed by atoms with Crippen molar-refractivity contribution < 1.29 is 14.3 Å². The molecule has 1 saturated carbocycles. The van der Waals surface area contributed by atoms with E-state index in [-0.39, 0.29) is 29.9 Å². The van der Waals surface area contributed by atoms with E-state index in [0.717, 1.165) is 83.2 Å². The molecular weight excluding hydrogens is 626 g/mol. The summed E-state index contributed by atoms with van der Waals surface area (Å²) in [5, 5.41) is 6.19. The standard InChI is InChI=1S/C40H41N7O3/c1-22-32-14-12-26-19-34(46(37(26)43-32)15-5-6-23-9-10-24-7-4-8-29(30(24)16-23)39(48)42-22)38-44-33-18-27(20-35(50-3)36(33)45(38)2)40(49)47-21-31(41)25-11-13-28(47)17-25/h4,7-10,12,14,16,18-20,22,25,28,31H,5-6,11,13,15,17,21,41H2,1-3H3,(H,42,48)/t22-,25-,28+,31+/m1/s1. The van der Waals surface area contributed by atoms with Gasteiger partial charge < -0.3 is 29.8 Å². The largest absolute Gasteiger partial charge is 0.494 e. The van der Waals surface area contributed by atoms with Crippen LogP contribution in [0.3, 0.4) is 0 Å². The minimum absolute atomic E-state index is 0.0146. The number of hydrogen-bond donors (Lipinski definition) is 2. The number of piperidine rings is 1. The van der Waals surface area contributed by atoms with Gasteiger partial charge in [-0.1, -0.05) is 30.3 Å². The maximum atomic E-state index is 14.0. The fraction of sp³-hybridized carbons (Fsp3) is 0.350. The summed E-state index contributed by atoms with van der Waals surface area (Å²) >= 11 is 0. The van der Waals surface area contributed by atoms with Crippen molar-refractivity contribution in [2.45, 2.75) is 63.7 Å². The van der Waals surface area contributed by atoms with Crippen LogP contribution in [0.2, 0.25) is 0 Å². The number of aryl methyl sites for hydroxylation is 3. The number of fused-ring (bicyclic) bond motifs is 5. The third kappa shape index (κ3) is 4.87. The number of amides is 2. The Morgan fingerprint density at radius 1 is 1.02 bits per heavy atom. The first-order valence-corrected chi connectivity index (χ1v) is 17.7. The maximum Gasteiger partial charge on any atom is 0.254 e. The molecule has 2 fully saturated rings. The summed E-state index contributed by atoms with van der Waals surface area (Å²) < 4.78 is 10.2. The molecule has 3 N–H and O–H groups in total. The molecule has 254 valence electrons. The van der Waals surface area contributed by atoms with Crippen LogP contribution in [0.25, 0.3) is 44.4 Å². The highest BCUT2D eigenvalue weighted by Gasteiger charge is 2.41. The van der Waals surface area contributed by atoms with Crippen LogP contribution in [-0.2, 0) is 20.0 Å². The van der Waals surface area contributed by atoms with Crippen molar-refractivity contribution in [3.63, 3.8) is 0 Å². The van der Waals surface area contributed by atoms with Gasteiger partial charge in [0.2, 0.25) is 0 Å². The molecule has 50 heavy (non-hydrogen) atoms. The van der Waals surface area contributed by atoms with E-state index in [4.69, 9.17) is 20.4 Å². The van der Waals surface area contributed by atoms with Crippen LogP contribution < -0.4 is 15.8 Å². The number of imidazole rings is 1. The average molecular weight is 668 g/mol. The first kappa shape index (κ1) is 30.8. The van der Waals surface area contributed by atoms with Crippen molar-refractivity contribution in [1.82, 2.24) is 29.3 Å². The number of aromatic nitrogens is 4. The van der Waals surface area contributed by atoms with E-state index in [0.29, 0.717) is 34.9 Å². The molecule has 4 atom stereocenters. The zero-order valence-corrected chi connectivity index (χ0v) is 28.6. The third-order valence-electron chi connectivity index (χ3n) is 11.4. The molecule has 6 bridgehead atoms. The summed E-state index contributed by atoms with van der Waals surface area (Å²) in [6, 6.07) is 22.2. The molecule has 3 aromatic carbocycles. The minimum atomic E-state index is -0.305. The van der Waals surface area contributed by atoms with Crippen LogP contribution in [0.4, 0.5) is 0 Å². The Labute approximate surface area is 290 Å². The fourth-order valence-electron chi connectivity index (χ4n) is 8.68. The van der Waals surface area contributed by atoms with Crippen LogP contribution in [0.1, 0.15) is 70.6 Å². The first-order valence-electron chi connectivity index (χ1n) is 17.7. The summed E-state index contributed by atoms with van der Waals surface area (Å²) in [6.07, 6.45) is 4.77. The molecule has 6 aromatic rings. The molecule has 10 heteroatoms. The number of likely N-dealkylation sites (tertiary alicyclic amines) is 1. The van der Waals surface area contributed by atoms with Gasteiger partial charge in [-0.15, -0.1) is 0 Å². The second-order valence-corrected chi connectivity index (χ2v) is 14.4. The number of hydrogen-bond acceptors (Lipinski definition) is 6. The lowest BCUT2D eigenvalue weighted by Gasteiger charge is -2.37. The predicted molar refractivity (Wildman–Crippen MR) is 194 cm³/mol. The molecule has 1 aliphatic carbocycles. The molecule has 10 nitrogen and oxygen atoms in total. The number of carbonyl (C=O) groups excluding carboxylic acids is 2. The molecule has 3 aliphatic rings. The van der Waals surface area contributed by atoms with Crippen molar-refractivity contribution in [1.29, 1.82) is 0 Å². The monoisotopic (exact) mass is 667 g/mol. The van der Waals surface area contributed by atoms with Gasteiger partial charge in [-0.05, 0) is 97.7 Å². The van der Waals surface area contributed by atoms with E-state index in [1.54, 1.807) is 7.11 Å². The van der Waals surface area contributed by atoms with E-state index >= 15 is 0 Å². The van der Waals surface area contributed by atoms with Crippen LogP contribution in [-0.4, -0.2) is 61.6 Å². The summed E-state index contributed by atoms with van der Waals surface area (Å²) in [7, 11) is 3.63. The number of nitrogens with zero attached hydrogens (tertiary/aromatic N) is 5. The van der Waals surface area contributed by atoms with Crippen molar-refractivity contribution in [2.75, 3.05) is 13.7 Å². The van der Waals surface area contributed by atoms with Gasteiger partial charge in [-0.25, -0.2) is 9.97 Å².